The molecular weight excluding hydrogens is 672 g/mol. The molecule has 0 radical (unpaired) electrons. The fourth-order valence-electron chi connectivity index (χ4n) is 6.33. The molecule has 3 amide bonds. The fourth-order valence-corrected chi connectivity index (χ4v) is 6.64. The first-order chi connectivity index (χ1) is 24.7. The smallest absolute Gasteiger partial charge is 0.274 e. The normalized spacial score (nSPS) is 16.9. The first kappa shape index (κ1) is 35.7. The molecule has 51 heavy (non-hydrogen) atoms. The average molecular weight is 713 g/mol. The lowest BCUT2D eigenvalue weighted by molar-refractivity contribution is -0.120. The van der Waals surface area contributed by atoms with Gasteiger partial charge in [-0.05, 0) is 49.6 Å². The zero-order valence-corrected chi connectivity index (χ0v) is 29.5. The molecule has 1 aromatic carbocycles. The molecule has 14 heteroatoms. The van der Waals surface area contributed by atoms with Crippen LogP contribution in [0.2, 0.25) is 5.02 Å². The van der Waals surface area contributed by atoms with E-state index in [2.05, 4.69) is 36.6 Å². The van der Waals surface area contributed by atoms with Crippen LogP contribution in [0.1, 0.15) is 52.9 Å². The highest BCUT2D eigenvalue weighted by Crippen LogP contribution is 2.38. The summed E-state index contributed by atoms with van der Waals surface area (Å²) in [5, 5.41) is 16.0. The van der Waals surface area contributed by atoms with Gasteiger partial charge in [-0.3, -0.25) is 19.4 Å². The quantitative estimate of drug-likeness (QED) is 0.128. The zero-order valence-electron chi connectivity index (χ0n) is 28.8. The Bertz CT molecular complexity index is 1940. The van der Waals surface area contributed by atoms with Crippen LogP contribution < -0.4 is 36.1 Å². The summed E-state index contributed by atoms with van der Waals surface area (Å²) < 4.78 is 11.1. The number of ether oxygens (including phenoxy) is 2. The molecule has 3 aromatic heterocycles. The number of nitrogens with one attached hydrogen (secondary N) is 5. The Morgan fingerprint density at radius 2 is 1.61 bits per heavy atom. The number of aromatic nitrogens is 3. The van der Waals surface area contributed by atoms with Crippen molar-refractivity contribution in [2.45, 2.75) is 57.8 Å². The van der Waals surface area contributed by atoms with Crippen LogP contribution in [0, 0.1) is 6.92 Å². The lowest BCUT2D eigenvalue weighted by Gasteiger charge is -2.16. The molecule has 13 nitrogen and oxygen atoms in total. The van der Waals surface area contributed by atoms with Gasteiger partial charge in [0.15, 0.2) is 0 Å². The van der Waals surface area contributed by atoms with E-state index in [9.17, 15) is 14.4 Å². The van der Waals surface area contributed by atoms with Crippen LogP contribution in [0.25, 0.3) is 22.5 Å². The molecule has 2 fully saturated rings. The van der Waals surface area contributed by atoms with Gasteiger partial charge < -0.3 is 36.1 Å². The topological polar surface area (TPSA) is 168 Å². The molecule has 0 aliphatic carbocycles. The number of benzene rings is 1. The van der Waals surface area contributed by atoms with Crippen molar-refractivity contribution in [3.05, 3.63) is 82.3 Å². The number of hydrogen-bond donors (Lipinski definition) is 5. The molecule has 0 saturated carbocycles. The summed E-state index contributed by atoms with van der Waals surface area (Å²) in [5.74, 6) is 0.799. The third-order valence-corrected chi connectivity index (χ3v) is 9.50. The van der Waals surface area contributed by atoms with E-state index in [0.29, 0.717) is 78.3 Å². The number of rotatable bonds is 14. The lowest BCUT2D eigenvalue weighted by Crippen LogP contribution is -2.35. The lowest BCUT2D eigenvalue weighted by atomic mass is 10.0. The Hall–Kier alpha value is -5.11. The Morgan fingerprint density at radius 3 is 2.25 bits per heavy atom. The maximum absolute atomic E-state index is 13.5. The van der Waals surface area contributed by atoms with E-state index in [0.717, 1.165) is 35.1 Å². The van der Waals surface area contributed by atoms with Gasteiger partial charge in [0.05, 0.1) is 36.8 Å². The largest absolute Gasteiger partial charge is 0.495 e. The van der Waals surface area contributed by atoms with Gasteiger partial charge in [0, 0.05) is 85.2 Å². The van der Waals surface area contributed by atoms with E-state index in [1.54, 1.807) is 32.5 Å². The minimum Gasteiger partial charge on any atom is -0.495 e. The van der Waals surface area contributed by atoms with Crippen molar-refractivity contribution >= 4 is 35.0 Å². The molecule has 2 atom stereocenters. The van der Waals surface area contributed by atoms with Crippen LogP contribution in [0.5, 0.6) is 11.6 Å². The van der Waals surface area contributed by atoms with Crippen LogP contribution >= 0.6 is 11.6 Å². The van der Waals surface area contributed by atoms with Gasteiger partial charge in [-0.1, -0.05) is 29.8 Å². The molecule has 5 heterocycles. The van der Waals surface area contributed by atoms with Crippen LogP contribution in [0.15, 0.2) is 54.9 Å². The van der Waals surface area contributed by atoms with Crippen molar-refractivity contribution in [2.75, 3.05) is 32.6 Å². The van der Waals surface area contributed by atoms with E-state index in [1.807, 2.05) is 37.3 Å². The third kappa shape index (κ3) is 8.44. The molecule has 6 rings (SSSR count). The Balaban J connectivity index is 1.16. The van der Waals surface area contributed by atoms with Gasteiger partial charge in [-0.2, -0.15) is 0 Å². The van der Waals surface area contributed by atoms with Crippen molar-refractivity contribution in [2.24, 2.45) is 0 Å². The molecule has 0 spiro atoms. The number of carbonyl (C=O) groups excluding carboxylic acids is 3. The molecule has 2 aliphatic rings. The molecular formula is C37H41ClN8O5. The van der Waals surface area contributed by atoms with Crippen molar-refractivity contribution in [3.8, 4) is 34.1 Å². The van der Waals surface area contributed by atoms with Crippen LogP contribution in [0.3, 0.4) is 0 Å². The number of pyridine rings is 3. The van der Waals surface area contributed by atoms with E-state index < -0.39 is 0 Å². The van der Waals surface area contributed by atoms with E-state index >= 15 is 0 Å². The minimum absolute atomic E-state index is 0.0634. The predicted octanol–water partition coefficient (Wildman–Crippen LogP) is 4.17. The number of anilines is 1. The highest BCUT2D eigenvalue weighted by molar-refractivity contribution is 6.35. The van der Waals surface area contributed by atoms with Crippen molar-refractivity contribution in [3.63, 3.8) is 0 Å². The van der Waals surface area contributed by atoms with Crippen LogP contribution in [-0.2, 0) is 22.7 Å². The molecule has 2 aliphatic heterocycles. The Kier molecular flexibility index (Phi) is 11.4. The highest BCUT2D eigenvalue weighted by Gasteiger charge is 2.22. The summed E-state index contributed by atoms with van der Waals surface area (Å²) >= 11 is 7.02. The maximum atomic E-state index is 13.5. The van der Waals surface area contributed by atoms with Crippen molar-refractivity contribution < 1.29 is 23.9 Å². The first-order valence-corrected chi connectivity index (χ1v) is 17.2. The summed E-state index contributed by atoms with van der Waals surface area (Å²) in [4.78, 5) is 50.2. The molecule has 2 saturated heterocycles. The SMILES string of the molecule is COc1cnc(C(=O)Nc2cccc(-c3nccc(-c4ccc(CNC[C@H]5CCC(=O)N5)c(OC)n4)c3Cl)c2C)cc1CNC[C@H]1CCC(=O)N1. The summed E-state index contributed by atoms with van der Waals surface area (Å²) in [7, 11) is 3.13. The minimum atomic E-state index is -0.381. The van der Waals surface area contributed by atoms with Crippen LogP contribution in [-0.4, -0.2) is 72.1 Å². The molecule has 4 aromatic rings. The molecule has 0 bridgehead atoms. The third-order valence-electron chi connectivity index (χ3n) is 9.12. The van der Waals surface area contributed by atoms with Gasteiger partial charge in [0.25, 0.3) is 5.91 Å². The van der Waals surface area contributed by atoms with E-state index in [1.165, 1.54) is 6.20 Å². The van der Waals surface area contributed by atoms with E-state index in [4.69, 9.17) is 26.1 Å². The molecule has 0 unspecified atom stereocenters. The Morgan fingerprint density at radius 1 is 0.902 bits per heavy atom. The predicted molar refractivity (Wildman–Crippen MR) is 194 cm³/mol. The second kappa shape index (κ2) is 16.3. The number of amides is 3. The molecule has 266 valence electrons. The highest BCUT2D eigenvalue weighted by atomic mass is 35.5. The zero-order chi connectivity index (χ0) is 35.9. The summed E-state index contributed by atoms with van der Waals surface area (Å²) in [5.41, 5.74) is 5.84. The van der Waals surface area contributed by atoms with Gasteiger partial charge in [0.2, 0.25) is 17.7 Å². The second-order valence-electron chi connectivity index (χ2n) is 12.6. The van der Waals surface area contributed by atoms with Gasteiger partial charge in [-0.25, -0.2) is 9.97 Å². The summed E-state index contributed by atoms with van der Waals surface area (Å²) in [6.45, 7) is 4.14. The fraction of sp³-hybridized carbons (Fsp3) is 0.351. The van der Waals surface area contributed by atoms with Crippen LogP contribution in [0.4, 0.5) is 5.69 Å². The standard InChI is InChI=1S/C37H41ClN8O5/c1-21-26(5-4-6-28(21)45-36(49)30-15-23(31(50-2)20-42-30)17-40-19-25-9-12-33(48)44-25)35-34(38)27(13-14-41-35)29-10-7-22(37(46-29)51-3)16-39-18-24-8-11-32(47)43-24/h4-7,10,13-15,20,24-25,39-40H,8-9,11-12,16-19H2,1-3H3,(H,43,47)(H,44,48)(H,45,49)/t24-,25-/m1/s1. The van der Waals surface area contributed by atoms with Crippen molar-refractivity contribution in [1.82, 2.24) is 36.2 Å². The number of carbonyl (C=O) groups is 3. The molecule has 5 N–H and O–H groups in total. The van der Waals surface area contributed by atoms with Gasteiger partial charge >= 0.3 is 0 Å². The van der Waals surface area contributed by atoms with Gasteiger partial charge in [-0.15, -0.1) is 0 Å². The van der Waals surface area contributed by atoms with E-state index in [-0.39, 0.29) is 35.5 Å². The number of hydrogen-bond acceptors (Lipinski definition) is 10. The first-order valence-electron chi connectivity index (χ1n) is 16.9. The van der Waals surface area contributed by atoms with Gasteiger partial charge in [0.1, 0.15) is 11.4 Å². The number of nitrogens with zero attached hydrogens (tertiary/aromatic N) is 3. The van der Waals surface area contributed by atoms with Crippen molar-refractivity contribution in [1.29, 1.82) is 0 Å². The monoisotopic (exact) mass is 712 g/mol. The summed E-state index contributed by atoms with van der Waals surface area (Å²) in [6, 6.07) is 13.1. The second-order valence-corrected chi connectivity index (χ2v) is 12.9. The summed E-state index contributed by atoms with van der Waals surface area (Å²) in [6.07, 6.45) is 5.92. The Labute approximate surface area is 301 Å². The number of halogens is 1. The number of methoxy groups -OCH3 is 2. The maximum Gasteiger partial charge on any atom is 0.274 e. The average Bonchev–Trinajstić information content (AvgIpc) is 3.76.